The van der Waals surface area contributed by atoms with E-state index in [1.807, 2.05) is 48.7 Å². The Morgan fingerprint density at radius 1 is 0.780 bits per heavy atom. The molecule has 0 radical (unpaired) electrons. The van der Waals surface area contributed by atoms with Crippen LogP contribution in [0, 0.1) is 11.7 Å². The Kier molecular flexibility index (Phi) is 10.7. The van der Waals surface area contributed by atoms with Gasteiger partial charge in [-0.05, 0) is 52.3 Å². The van der Waals surface area contributed by atoms with Crippen LogP contribution in [-0.2, 0) is 33.8 Å². The first-order valence-corrected chi connectivity index (χ1v) is 18.1. The van der Waals surface area contributed by atoms with E-state index < -0.39 is 6.10 Å². The second-order valence-corrected chi connectivity index (χ2v) is 14.0. The molecular formula is C43H42FNO4S. The molecule has 5 atom stereocenters. The van der Waals surface area contributed by atoms with Crippen LogP contribution in [0.25, 0.3) is 21.2 Å². The van der Waals surface area contributed by atoms with Crippen molar-refractivity contribution in [1.82, 2.24) is 4.98 Å². The molecule has 7 rings (SSSR count). The number of thiazole rings is 1. The molecule has 0 spiro atoms. The highest BCUT2D eigenvalue weighted by molar-refractivity contribution is 7.15. The molecule has 5 nitrogen and oxygen atoms in total. The molecule has 0 amide bonds. The standard InChI is InChI=1S/C43H42FNO4S/c1-4-37-28(2)40(47-26-29-13-7-5-8-14-29)43(48-27-30-15-9-6-10-16-30)42(49-37)36-23-32(41(46-3)35-18-12-11-17-34(35)36)24-39-45-25-38(50-39)31-19-21-33(44)22-20-31/h5-23,25,28,37,40,42-43H,4,24,26-27H2,1-3H3/t28-,37-,40+,42+,43-/m1/s1. The van der Waals surface area contributed by atoms with Gasteiger partial charge >= 0.3 is 0 Å². The fourth-order valence-corrected chi connectivity index (χ4v) is 8.05. The van der Waals surface area contributed by atoms with Crippen molar-refractivity contribution < 1.29 is 23.3 Å². The zero-order chi connectivity index (χ0) is 34.5. The summed E-state index contributed by atoms with van der Waals surface area (Å²) in [6, 6.07) is 37.7. The molecule has 5 aromatic carbocycles. The fourth-order valence-electron chi connectivity index (χ4n) is 7.10. The van der Waals surface area contributed by atoms with Crippen LogP contribution in [0.4, 0.5) is 4.39 Å². The molecule has 256 valence electrons. The number of benzene rings is 5. The summed E-state index contributed by atoms with van der Waals surface area (Å²) in [5.41, 5.74) is 5.22. The molecule has 0 unspecified atom stereocenters. The van der Waals surface area contributed by atoms with Crippen LogP contribution in [0.5, 0.6) is 5.75 Å². The molecule has 6 aromatic rings. The van der Waals surface area contributed by atoms with Gasteiger partial charge in [-0.1, -0.05) is 111 Å². The van der Waals surface area contributed by atoms with Crippen molar-refractivity contribution in [1.29, 1.82) is 0 Å². The van der Waals surface area contributed by atoms with E-state index in [4.69, 9.17) is 23.9 Å². The van der Waals surface area contributed by atoms with Gasteiger partial charge in [0.1, 0.15) is 23.8 Å². The number of nitrogens with zero attached hydrogens (tertiary/aromatic N) is 1. The first kappa shape index (κ1) is 34.1. The average molecular weight is 688 g/mol. The van der Waals surface area contributed by atoms with Gasteiger partial charge in [-0.2, -0.15) is 0 Å². The fraction of sp³-hybridized carbons (Fsp3) is 0.279. The summed E-state index contributed by atoms with van der Waals surface area (Å²) < 4.78 is 40.6. The maximum atomic E-state index is 13.6. The largest absolute Gasteiger partial charge is 0.496 e. The maximum Gasteiger partial charge on any atom is 0.130 e. The number of fused-ring (bicyclic) bond motifs is 1. The van der Waals surface area contributed by atoms with Gasteiger partial charge in [-0.15, -0.1) is 11.3 Å². The Morgan fingerprint density at radius 3 is 2.04 bits per heavy atom. The third-order valence-corrected chi connectivity index (χ3v) is 10.7. The second-order valence-electron chi connectivity index (χ2n) is 12.9. The third kappa shape index (κ3) is 7.37. The van der Waals surface area contributed by atoms with E-state index in [0.29, 0.717) is 19.6 Å². The van der Waals surface area contributed by atoms with Crippen molar-refractivity contribution in [2.45, 2.75) is 64.3 Å². The summed E-state index contributed by atoms with van der Waals surface area (Å²) in [6.07, 6.45) is 2.24. The number of rotatable bonds is 12. The summed E-state index contributed by atoms with van der Waals surface area (Å²) in [4.78, 5) is 5.77. The molecule has 50 heavy (non-hydrogen) atoms. The highest BCUT2D eigenvalue weighted by Gasteiger charge is 2.46. The van der Waals surface area contributed by atoms with E-state index in [-0.39, 0.29) is 30.0 Å². The van der Waals surface area contributed by atoms with Gasteiger partial charge in [0.25, 0.3) is 0 Å². The molecule has 0 saturated carbocycles. The minimum atomic E-state index is -0.402. The molecule has 7 heteroatoms. The van der Waals surface area contributed by atoms with Crippen LogP contribution < -0.4 is 4.74 Å². The molecular weight excluding hydrogens is 646 g/mol. The topological polar surface area (TPSA) is 49.8 Å². The monoisotopic (exact) mass is 687 g/mol. The van der Waals surface area contributed by atoms with E-state index in [1.165, 1.54) is 12.1 Å². The van der Waals surface area contributed by atoms with Crippen LogP contribution in [-0.4, -0.2) is 30.4 Å². The molecule has 1 fully saturated rings. The quantitative estimate of drug-likeness (QED) is 0.128. The van der Waals surface area contributed by atoms with Crippen molar-refractivity contribution in [3.63, 3.8) is 0 Å². The van der Waals surface area contributed by atoms with Gasteiger partial charge in [-0.25, -0.2) is 9.37 Å². The number of halogens is 1. The van der Waals surface area contributed by atoms with Crippen molar-refractivity contribution in [3.05, 3.63) is 155 Å². The van der Waals surface area contributed by atoms with Crippen molar-refractivity contribution in [2.24, 2.45) is 5.92 Å². The number of hydrogen-bond donors (Lipinski definition) is 0. The molecule has 1 aliphatic heterocycles. The highest BCUT2D eigenvalue weighted by Crippen LogP contribution is 2.45. The smallest absolute Gasteiger partial charge is 0.130 e. The van der Waals surface area contributed by atoms with Crippen molar-refractivity contribution >= 4 is 22.1 Å². The lowest BCUT2D eigenvalue weighted by Gasteiger charge is -2.46. The van der Waals surface area contributed by atoms with Gasteiger partial charge < -0.3 is 18.9 Å². The first-order valence-electron chi connectivity index (χ1n) is 17.3. The summed E-state index contributed by atoms with van der Waals surface area (Å²) in [5.74, 6) is 0.665. The Balaban J connectivity index is 1.30. The minimum Gasteiger partial charge on any atom is -0.496 e. The maximum absolute atomic E-state index is 13.6. The summed E-state index contributed by atoms with van der Waals surface area (Å²) in [5, 5.41) is 3.01. The summed E-state index contributed by atoms with van der Waals surface area (Å²) >= 11 is 1.60. The molecule has 1 saturated heterocycles. The molecule has 1 aromatic heterocycles. The summed E-state index contributed by atoms with van der Waals surface area (Å²) in [6.45, 7) is 5.32. The van der Waals surface area contributed by atoms with E-state index in [2.05, 4.69) is 62.4 Å². The lowest BCUT2D eigenvalue weighted by Crippen LogP contribution is -2.51. The predicted octanol–water partition coefficient (Wildman–Crippen LogP) is 10.4. The Hall–Kier alpha value is -4.40. The van der Waals surface area contributed by atoms with E-state index in [0.717, 1.165) is 60.6 Å². The van der Waals surface area contributed by atoms with E-state index >= 15 is 0 Å². The molecule has 1 aliphatic rings. The average Bonchev–Trinajstić information content (AvgIpc) is 3.63. The summed E-state index contributed by atoms with van der Waals surface area (Å²) in [7, 11) is 1.72. The zero-order valence-electron chi connectivity index (χ0n) is 28.6. The van der Waals surface area contributed by atoms with Crippen molar-refractivity contribution in [3.8, 4) is 16.2 Å². The number of aromatic nitrogens is 1. The number of hydrogen-bond acceptors (Lipinski definition) is 6. The zero-order valence-corrected chi connectivity index (χ0v) is 29.4. The van der Waals surface area contributed by atoms with Crippen LogP contribution in [0.3, 0.4) is 0 Å². The van der Waals surface area contributed by atoms with E-state index in [1.54, 1.807) is 30.6 Å². The van der Waals surface area contributed by atoms with Gasteiger partial charge in [0, 0.05) is 29.5 Å². The Morgan fingerprint density at radius 2 is 1.40 bits per heavy atom. The second kappa shape index (κ2) is 15.7. The van der Waals surface area contributed by atoms with Crippen LogP contribution in [0.15, 0.2) is 121 Å². The number of methoxy groups -OCH3 is 1. The third-order valence-electron chi connectivity index (χ3n) is 9.66. The van der Waals surface area contributed by atoms with Crippen LogP contribution in [0.2, 0.25) is 0 Å². The Bertz CT molecular complexity index is 2000. The highest BCUT2D eigenvalue weighted by atomic mass is 32.1. The Labute approximate surface area is 297 Å². The molecule has 0 bridgehead atoms. The van der Waals surface area contributed by atoms with Gasteiger partial charge in [0.2, 0.25) is 0 Å². The predicted molar refractivity (Wildman–Crippen MR) is 198 cm³/mol. The number of ether oxygens (including phenoxy) is 4. The van der Waals surface area contributed by atoms with E-state index in [9.17, 15) is 4.39 Å². The lowest BCUT2D eigenvalue weighted by atomic mass is 9.82. The normalized spacial score (nSPS) is 20.6. The van der Waals surface area contributed by atoms with Crippen molar-refractivity contribution in [2.75, 3.05) is 7.11 Å². The van der Waals surface area contributed by atoms with Crippen LogP contribution in [0.1, 0.15) is 53.6 Å². The molecule has 2 heterocycles. The van der Waals surface area contributed by atoms with Crippen LogP contribution >= 0.6 is 11.3 Å². The molecule has 0 N–H and O–H groups in total. The van der Waals surface area contributed by atoms with Gasteiger partial charge in [0.15, 0.2) is 0 Å². The van der Waals surface area contributed by atoms with Gasteiger partial charge in [0.05, 0.1) is 42.4 Å². The minimum absolute atomic E-state index is 0.0288. The first-order chi connectivity index (χ1) is 24.5. The molecule has 0 aliphatic carbocycles. The van der Waals surface area contributed by atoms with Gasteiger partial charge in [-0.3, -0.25) is 0 Å². The lowest BCUT2D eigenvalue weighted by molar-refractivity contribution is -0.234. The SMILES string of the molecule is CC[C@H]1O[C@@H](c2cc(Cc3ncc(-c4ccc(F)cc4)s3)c(OC)c3ccccc23)[C@H](OCc2ccccc2)[C@@H](OCc2ccccc2)[C@@H]1C.